The van der Waals surface area contributed by atoms with E-state index in [0.29, 0.717) is 35.5 Å². The summed E-state index contributed by atoms with van der Waals surface area (Å²) in [7, 11) is 0. The smallest absolute Gasteiger partial charge is 0.174 e. The lowest BCUT2D eigenvalue weighted by Crippen LogP contribution is -2.43. The molecule has 2 aliphatic heterocycles. The highest BCUT2D eigenvalue weighted by Gasteiger charge is 2.48. The molecule has 0 aromatic heterocycles. The first-order valence-electron chi connectivity index (χ1n) is 9.21. The summed E-state index contributed by atoms with van der Waals surface area (Å²) in [5.41, 5.74) is 0.374. The van der Waals surface area contributed by atoms with Crippen molar-refractivity contribution in [2.45, 2.75) is 75.4 Å². The topological polar surface area (TPSA) is 52.6 Å². The quantitative estimate of drug-likeness (QED) is 0.715. The van der Waals surface area contributed by atoms with Crippen molar-refractivity contribution in [2.75, 3.05) is 0 Å². The summed E-state index contributed by atoms with van der Waals surface area (Å²) in [5, 5.41) is 0. The molecule has 2 spiro atoms. The van der Waals surface area contributed by atoms with E-state index in [1.165, 1.54) is 0 Å². The molecule has 2 aliphatic carbocycles. The molecule has 0 bridgehead atoms. The van der Waals surface area contributed by atoms with Gasteiger partial charge in [-0.05, 0) is 63.5 Å². The first kappa shape index (κ1) is 14.5. The molecule has 0 atom stereocenters. The molecule has 0 amide bonds. The highest BCUT2D eigenvalue weighted by Crippen LogP contribution is 2.50. The van der Waals surface area contributed by atoms with E-state index in [0.717, 1.165) is 51.4 Å². The number of ketones is 2. The van der Waals surface area contributed by atoms with Crippen molar-refractivity contribution in [2.24, 2.45) is 0 Å². The van der Waals surface area contributed by atoms with Crippen molar-refractivity contribution >= 4 is 11.6 Å². The normalized spacial score (nSPS) is 26.2. The number of ether oxygens (including phenoxy) is 2. The summed E-state index contributed by atoms with van der Waals surface area (Å²) in [6.45, 7) is 0. The Labute approximate surface area is 141 Å². The molecule has 126 valence electrons. The molecular weight excluding hydrogens is 304 g/mol. The second kappa shape index (κ2) is 4.84. The molecule has 0 unspecified atom stereocenters. The predicted molar refractivity (Wildman–Crippen MR) is 88.0 cm³/mol. The molecule has 2 heterocycles. The molecule has 5 rings (SSSR count). The summed E-state index contributed by atoms with van der Waals surface area (Å²) in [4.78, 5) is 25.6. The first-order valence-corrected chi connectivity index (χ1v) is 9.21. The number of rotatable bonds is 0. The Kier molecular flexibility index (Phi) is 2.92. The molecule has 1 aromatic rings. The average Bonchev–Trinajstić information content (AvgIpc) is 3.16. The van der Waals surface area contributed by atoms with Crippen LogP contribution in [-0.4, -0.2) is 22.8 Å². The van der Waals surface area contributed by atoms with Crippen molar-refractivity contribution in [1.29, 1.82) is 0 Å². The van der Waals surface area contributed by atoms with Crippen LogP contribution in [0.25, 0.3) is 0 Å². The van der Waals surface area contributed by atoms with Crippen LogP contribution in [0.3, 0.4) is 0 Å². The summed E-state index contributed by atoms with van der Waals surface area (Å²) in [5.74, 6) is 1.31. The lowest BCUT2D eigenvalue weighted by molar-refractivity contribution is 0.0343. The number of hydrogen-bond donors (Lipinski definition) is 0. The fourth-order valence-corrected chi connectivity index (χ4v) is 5.13. The van der Waals surface area contributed by atoms with Gasteiger partial charge in [-0.15, -0.1) is 0 Å². The molecule has 1 aromatic carbocycles. The van der Waals surface area contributed by atoms with Gasteiger partial charge in [-0.2, -0.15) is 0 Å². The van der Waals surface area contributed by atoms with Crippen molar-refractivity contribution in [3.8, 4) is 11.5 Å². The molecule has 0 saturated heterocycles. The Morgan fingerprint density at radius 3 is 2.00 bits per heavy atom. The van der Waals surface area contributed by atoms with E-state index < -0.39 is 0 Å². The van der Waals surface area contributed by atoms with Gasteiger partial charge in [0.05, 0.1) is 18.4 Å². The average molecular weight is 326 g/mol. The number of Topliss-reactive ketones (excluding diaryl/α,β-unsaturated/α-hetero) is 2. The maximum absolute atomic E-state index is 13.0. The molecule has 24 heavy (non-hydrogen) atoms. The summed E-state index contributed by atoms with van der Waals surface area (Å²) in [6.07, 6.45) is 8.96. The maximum atomic E-state index is 13.0. The minimum absolute atomic E-state index is 0.0813. The van der Waals surface area contributed by atoms with Crippen molar-refractivity contribution in [3.05, 3.63) is 23.3 Å². The summed E-state index contributed by atoms with van der Waals surface area (Å²) >= 11 is 0. The zero-order chi connectivity index (χ0) is 16.4. The van der Waals surface area contributed by atoms with E-state index in [9.17, 15) is 9.59 Å². The Morgan fingerprint density at radius 2 is 1.33 bits per heavy atom. The predicted octanol–water partition coefficient (Wildman–Crippen LogP) is 4.24. The van der Waals surface area contributed by atoms with Gasteiger partial charge >= 0.3 is 0 Å². The van der Waals surface area contributed by atoms with Crippen LogP contribution in [-0.2, 0) is 0 Å². The summed E-state index contributed by atoms with van der Waals surface area (Å²) < 4.78 is 12.6. The number of carbonyl (C=O) groups excluding carboxylic acids is 2. The number of benzene rings is 1. The summed E-state index contributed by atoms with van der Waals surface area (Å²) in [6, 6.07) is 3.60. The second-order valence-corrected chi connectivity index (χ2v) is 8.00. The third-order valence-electron chi connectivity index (χ3n) is 6.34. The van der Waals surface area contributed by atoms with Gasteiger partial charge in [0.1, 0.15) is 28.3 Å². The zero-order valence-electron chi connectivity index (χ0n) is 13.9. The van der Waals surface area contributed by atoms with Crippen LogP contribution in [0.15, 0.2) is 12.1 Å². The molecule has 0 N–H and O–H groups in total. The molecule has 2 saturated carbocycles. The van der Waals surface area contributed by atoms with Crippen LogP contribution in [0.4, 0.5) is 0 Å². The second-order valence-electron chi connectivity index (χ2n) is 8.00. The molecule has 4 nitrogen and oxygen atoms in total. The fourth-order valence-electron chi connectivity index (χ4n) is 5.13. The highest BCUT2D eigenvalue weighted by molar-refractivity contribution is 6.09. The van der Waals surface area contributed by atoms with Crippen LogP contribution >= 0.6 is 0 Å². The number of fused-ring (bicyclic) bond motifs is 3. The van der Waals surface area contributed by atoms with E-state index in [1.807, 2.05) is 0 Å². The molecule has 4 aliphatic rings. The minimum atomic E-state index is -0.387. The van der Waals surface area contributed by atoms with Gasteiger partial charge in [-0.25, -0.2) is 0 Å². The van der Waals surface area contributed by atoms with Crippen LogP contribution in [0.2, 0.25) is 0 Å². The molecule has 2 fully saturated rings. The first-order chi connectivity index (χ1) is 11.6. The number of hydrogen-bond acceptors (Lipinski definition) is 4. The van der Waals surface area contributed by atoms with E-state index in [1.54, 1.807) is 12.1 Å². The molecule has 0 radical (unpaired) electrons. The van der Waals surface area contributed by atoms with Crippen LogP contribution in [0.1, 0.15) is 84.9 Å². The van der Waals surface area contributed by atoms with Gasteiger partial charge in [0.2, 0.25) is 0 Å². The van der Waals surface area contributed by atoms with Gasteiger partial charge in [-0.1, -0.05) is 0 Å². The van der Waals surface area contributed by atoms with E-state index in [2.05, 4.69) is 0 Å². The largest absolute Gasteiger partial charge is 0.486 e. The lowest BCUT2D eigenvalue weighted by atomic mass is 9.83. The van der Waals surface area contributed by atoms with Gasteiger partial charge in [0.25, 0.3) is 0 Å². The Morgan fingerprint density at radius 1 is 0.750 bits per heavy atom. The van der Waals surface area contributed by atoms with E-state index >= 15 is 0 Å². The highest BCUT2D eigenvalue weighted by atomic mass is 16.5. The van der Waals surface area contributed by atoms with Crippen LogP contribution in [0.5, 0.6) is 11.5 Å². The minimum Gasteiger partial charge on any atom is -0.486 e. The van der Waals surface area contributed by atoms with Crippen molar-refractivity contribution in [3.63, 3.8) is 0 Å². The zero-order valence-corrected chi connectivity index (χ0v) is 13.9. The maximum Gasteiger partial charge on any atom is 0.174 e. The monoisotopic (exact) mass is 326 g/mol. The van der Waals surface area contributed by atoms with Crippen molar-refractivity contribution in [1.82, 2.24) is 0 Å². The number of carbonyl (C=O) groups is 2. The Bertz CT molecular complexity index is 736. The standard InChI is InChI=1S/C20H22O4/c21-14-11-20(9-3-4-10-20)24-18-13(14)5-6-16-17(18)15(22)12-19(23-16)7-1-2-8-19/h5-6H,1-4,7-12H2. The third kappa shape index (κ3) is 1.98. The van der Waals surface area contributed by atoms with Gasteiger partial charge in [0, 0.05) is 0 Å². The third-order valence-corrected chi connectivity index (χ3v) is 6.34. The Balaban J connectivity index is 1.61. The molecule has 4 heteroatoms. The van der Waals surface area contributed by atoms with Gasteiger partial charge in [-0.3, -0.25) is 9.59 Å². The SMILES string of the molecule is O=C1CC2(CCCC2)Oc2c1ccc1c2C(=O)CC2(CCCC2)O1. The van der Waals surface area contributed by atoms with E-state index in [4.69, 9.17) is 9.47 Å². The van der Waals surface area contributed by atoms with Crippen LogP contribution in [0, 0.1) is 0 Å². The Hall–Kier alpha value is -1.84. The molecular formula is C20H22O4. The fraction of sp³-hybridized carbons (Fsp3) is 0.600. The van der Waals surface area contributed by atoms with Crippen LogP contribution < -0.4 is 9.47 Å². The van der Waals surface area contributed by atoms with Gasteiger partial charge < -0.3 is 9.47 Å². The lowest BCUT2D eigenvalue weighted by Gasteiger charge is -2.39. The van der Waals surface area contributed by atoms with Gasteiger partial charge in [0.15, 0.2) is 11.6 Å². The van der Waals surface area contributed by atoms with Crippen molar-refractivity contribution < 1.29 is 19.1 Å². The van der Waals surface area contributed by atoms with E-state index in [-0.39, 0.29) is 22.8 Å².